The summed E-state index contributed by atoms with van der Waals surface area (Å²) in [5, 5.41) is 3.06. The number of nitrogen functional groups attached to an aromatic ring is 1. The predicted molar refractivity (Wildman–Crippen MR) is 97.1 cm³/mol. The summed E-state index contributed by atoms with van der Waals surface area (Å²) in [6.07, 6.45) is 2.34. The number of nitrogens with one attached hydrogen (secondary N) is 1. The van der Waals surface area contributed by atoms with Crippen molar-refractivity contribution >= 4 is 24.0 Å². The molecule has 0 radical (unpaired) electrons. The van der Waals surface area contributed by atoms with Crippen LogP contribution in [0.15, 0.2) is 18.2 Å². The van der Waals surface area contributed by atoms with E-state index in [1.807, 2.05) is 19.1 Å². The van der Waals surface area contributed by atoms with Gasteiger partial charge in [-0.15, -0.1) is 12.4 Å². The number of hydrogen-bond donors (Lipinski definition) is 2. The number of carbonyl (C=O) groups excluding carboxylic acids is 1. The second kappa shape index (κ2) is 8.02. The van der Waals surface area contributed by atoms with Gasteiger partial charge in [-0.3, -0.25) is 4.79 Å². The molecule has 0 spiro atoms. The third kappa shape index (κ3) is 5.11. The maximum absolute atomic E-state index is 12.4. The Labute approximate surface area is 145 Å². The first-order valence-electron chi connectivity index (χ1n) is 8.05. The van der Waals surface area contributed by atoms with Gasteiger partial charge in [-0.1, -0.05) is 26.8 Å². The fourth-order valence-electron chi connectivity index (χ4n) is 3.21. The minimum absolute atomic E-state index is 0. The van der Waals surface area contributed by atoms with Crippen molar-refractivity contribution in [2.45, 2.75) is 46.6 Å². The Morgan fingerprint density at radius 1 is 1.39 bits per heavy atom. The smallest absolute Gasteiger partial charge is 0.251 e. The highest BCUT2D eigenvalue weighted by atomic mass is 35.5. The normalized spacial score (nSPS) is 21.4. The van der Waals surface area contributed by atoms with Gasteiger partial charge in [0.1, 0.15) is 0 Å². The van der Waals surface area contributed by atoms with Crippen molar-refractivity contribution in [3.05, 3.63) is 29.3 Å². The van der Waals surface area contributed by atoms with Crippen molar-refractivity contribution in [1.82, 2.24) is 5.32 Å². The van der Waals surface area contributed by atoms with Crippen LogP contribution in [0, 0.1) is 18.3 Å². The summed E-state index contributed by atoms with van der Waals surface area (Å²) in [6.45, 7) is 9.98. The molecule has 5 heteroatoms. The summed E-state index contributed by atoms with van der Waals surface area (Å²) in [4.78, 5) is 12.4. The molecule has 0 bridgehead atoms. The Kier molecular flexibility index (Phi) is 6.90. The molecule has 23 heavy (non-hydrogen) atoms. The second-order valence-corrected chi connectivity index (χ2v) is 7.34. The van der Waals surface area contributed by atoms with Crippen molar-refractivity contribution in [3.8, 4) is 0 Å². The van der Waals surface area contributed by atoms with Crippen LogP contribution in [0.25, 0.3) is 0 Å². The van der Waals surface area contributed by atoms with Crippen molar-refractivity contribution < 1.29 is 9.53 Å². The van der Waals surface area contributed by atoms with E-state index >= 15 is 0 Å². The van der Waals surface area contributed by atoms with E-state index in [9.17, 15) is 4.79 Å². The van der Waals surface area contributed by atoms with Gasteiger partial charge in [-0.25, -0.2) is 0 Å². The minimum Gasteiger partial charge on any atom is -0.399 e. The molecule has 0 aliphatic carbocycles. The number of hydrogen-bond acceptors (Lipinski definition) is 3. The number of amides is 1. The SMILES string of the molecule is Cc1ccc(N)cc1C(=O)NCC1CCCOC1C(C)(C)C.Cl. The van der Waals surface area contributed by atoms with Gasteiger partial charge < -0.3 is 15.8 Å². The summed E-state index contributed by atoms with van der Waals surface area (Å²) in [6, 6.07) is 5.44. The molecule has 1 heterocycles. The number of halogens is 1. The van der Waals surface area contributed by atoms with Crippen molar-refractivity contribution in [3.63, 3.8) is 0 Å². The number of ether oxygens (including phenoxy) is 1. The van der Waals surface area contributed by atoms with E-state index in [4.69, 9.17) is 10.5 Å². The molecule has 4 nitrogen and oxygen atoms in total. The minimum atomic E-state index is -0.0527. The Hall–Kier alpha value is -1.26. The first-order valence-corrected chi connectivity index (χ1v) is 8.05. The molecule has 2 rings (SSSR count). The summed E-state index contributed by atoms with van der Waals surface area (Å²) in [5.74, 6) is 0.307. The second-order valence-electron chi connectivity index (χ2n) is 7.34. The lowest BCUT2D eigenvalue weighted by Crippen LogP contribution is -2.45. The third-order valence-electron chi connectivity index (χ3n) is 4.33. The largest absolute Gasteiger partial charge is 0.399 e. The Bertz CT molecular complexity index is 540. The molecule has 3 N–H and O–H groups in total. The highest BCUT2D eigenvalue weighted by Crippen LogP contribution is 2.33. The Balaban J connectivity index is 0.00000264. The number of carbonyl (C=O) groups is 1. The maximum atomic E-state index is 12.4. The third-order valence-corrected chi connectivity index (χ3v) is 4.33. The van der Waals surface area contributed by atoms with Gasteiger partial charge in [0, 0.05) is 30.3 Å². The average Bonchev–Trinajstić information content (AvgIpc) is 2.46. The molecule has 1 aliphatic rings. The summed E-state index contributed by atoms with van der Waals surface area (Å²) in [7, 11) is 0. The molecule has 2 atom stereocenters. The van der Waals surface area contributed by atoms with E-state index < -0.39 is 0 Å². The summed E-state index contributed by atoms with van der Waals surface area (Å²) >= 11 is 0. The average molecular weight is 341 g/mol. The topological polar surface area (TPSA) is 64.4 Å². The molecule has 1 aliphatic heterocycles. The van der Waals surface area contributed by atoms with Crippen LogP contribution in [0.4, 0.5) is 5.69 Å². The van der Waals surface area contributed by atoms with E-state index in [2.05, 4.69) is 26.1 Å². The van der Waals surface area contributed by atoms with Gasteiger partial charge in [0.05, 0.1) is 6.10 Å². The van der Waals surface area contributed by atoms with E-state index in [1.165, 1.54) is 0 Å². The molecule has 1 saturated heterocycles. The van der Waals surface area contributed by atoms with Crippen LogP contribution in [0.3, 0.4) is 0 Å². The van der Waals surface area contributed by atoms with Gasteiger partial charge in [0.15, 0.2) is 0 Å². The van der Waals surface area contributed by atoms with Crippen LogP contribution in [0.5, 0.6) is 0 Å². The van der Waals surface area contributed by atoms with Gasteiger partial charge >= 0.3 is 0 Å². The molecular formula is C18H29ClN2O2. The standard InChI is InChI=1S/C18H28N2O2.ClH/c1-12-7-8-14(19)10-15(12)17(21)20-11-13-6-5-9-22-16(13)18(2,3)4;/h7-8,10,13,16H,5-6,9,11,19H2,1-4H3,(H,20,21);1H. The molecule has 0 saturated carbocycles. The molecule has 0 aromatic heterocycles. The number of benzene rings is 1. The quantitative estimate of drug-likeness (QED) is 0.827. The van der Waals surface area contributed by atoms with Crippen LogP contribution in [0.1, 0.15) is 49.5 Å². The molecule has 2 unspecified atom stereocenters. The zero-order chi connectivity index (χ0) is 16.3. The van der Waals surface area contributed by atoms with Crippen molar-refractivity contribution in [2.24, 2.45) is 11.3 Å². The zero-order valence-corrected chi connectivity index (χ0v) is 15.3. The number of anilines is 1. The fourth-order valence-corrected chi connectivity index (χ4v) is 3.21. The number of nitrogens with two attached hydrogens (primary N) is 1. The molecule has 1 amide bonds. The van der Waals surface area contributed by atoms with E-state index in [0.29, 0.717) is 23.7 Å². The van der Waals surface area contributed by atoms with E-state index in [-0.39, 0.29) is 29.8 Å². The Morgan fingerprint density at radius 2 is 2.09 bits per heavy atom. The van der Waals surface area contributed by atoms with Crippen LogP contribution < -0.4 is 11.1 Å². The zero-order valence-electron chi connectivity index (χ0n) is 14.5. The highest BCUT2D eigenvalue weighted by molar-refractivity contribution is 5.96. The highest BCUT2D eigenvalue weighted by Gasteiger charge is 2.35. The lowest BCUT2D eigenvalue weighted by molar-refractivity contribution is -0.0839. The molecule has 1 aromatic rings. The Morgan fingerprint density at radius 3 is 2.74 bits per heavy atom. The lowest BCUT2D eigenvalue weighted by Gasteiger charge is -2.40. The maximum Gasteiger partial charge on any atom is 0.251 e. The van der Waals surface area contributed by atoms with Crippen LogP contribution in [-0.4, -0.2) is 25.2 Å². The van der Waals surface area contributed by atoms with Gasteiger partial charge in [-0.2, -0.15) is 0 Å². The van der Waals surface area contributed by atoms with Crippen molar-refractivity contribution in [1.29, 1.82) is 0 Å². The first kappa shape index (κ1) is 19.8. The predicted octanol–water partition coefficient (Wildman–Crippen LogP) is 3.57. The summed E-state index contributed by atoms with van der Waals surface area (Å²) in [5.41, 5.74) is 8.08. The van der Waals surface area contributed by atoms with Gasteiger partial charge in [0.25, 0.3) is 5.91 Å². The van der Waals surface area contributed by atoms with E-state index in [1.54, 1.807) is 6.07 Å². The molecule has 130 valence electrons. The monoisotopic (exact) mass is 340 g/mol. The lowest BCUT2D eigenvalue weighted by atomic mass is 9.78. The van der Waals surface area contributed by atoms with Crippen molar-refractivity contribution in [2.75, 3.05) is 18.9 Å². The summed E-state index contributed by atoms with van der Waals surface area (Å²) < 4.78 is 5.96. The van der Waals surface area contributed by atoms with E-state index in [0.717, 1.165) is 25.0 Å². The van der Waals surface area contributed by atoms with Crippen LogP contribution in [0.2, 0.25) is 0 Å². The van der Waals surface area contributed by atoms with Gasteiger partial charge in [-0.05, 0) is 42.9 Å². The molecule has 1 aromatic carbocycles. The number of aryl methyl sites for hydroxylation is 1. The molecular weight excluding hydrogens is 312 g/mol. The van der Waals surface area contributed by atoms with Crippen LogP contribution >= 0.6 is 12.4 Å². The fraction of sp³-hybridized carbons (Fsp3) is 0.611. The first-order chi connectivity index (χ1) is 10.3. The van der Waals surface area contributed by atoms with Crippen LogP contribution in [-0.2, 0) is 4.74 Å². The molecule has 1 fully saturated rings. The van der Waals surface area contributed by atoms with Gasteiger partial charge in [0.2, 0.25) is 0 Å². The number of rotatable bonds is 3.